The van der Waals surface area contributed by atoms with E-state index in [2.05, 4.69) is 13.2 Å². The fourth-order valence-electron chi connectivity index (χ4n) is 2.92. The van der Waals surface area contributed by atoms with Gasteiger partial charge in [-0.25, -0.2) is 4.39 Å². The second-order valence-corrected chi connectivity index (χ2v) is 7.67. The monoisotopic (exact) mass is 396 g/mol. The van der Waals surface area contributed by atoms with Gasteiger partial charge in [0.05, 0.1) is 0 Å². The lowest BCUT2D eigenvalue weighted by Gasteiger charge is -2.31. The predicted molar refractivity (Wildman–Crippen MR) is 99.6 cm³/mol. The summed E-state index contributed by atoms with van der Waals surface area (Å²) in [5, 5.41) is -4.12. The minimum absolute atomic E-state index is 0.110. The molecule has 1 heterocycles. The van der Waals surface area contributed by atoms with Gasteiger partial charge in [0.15, 0.2) is 0 Å². The van der Waals surface area contributed by atoms with Crippen LogP contribution >= 0.6 is 11.8 Å². The molecule has 0 nitrogen and oxygen atoms in total. The smallest absolute Gasteiger partial charge is 0.206 e. The molecule has 0 saturated heterocycles. The summed E-state index contributed by atoms with van der Waals surface area (Å²) < 4.78 is 68.0. The molecule has 2 aromatic rings. The zero-order chi connectivity index (χ0) is 19.8. The highest BCUT2D eigenvalue weighted by atomic mass is 32.2. The van der Waals surface area contributed by atoms with Gasteiger partial charge >= 0.3 is 11.2 Å². The molecule has 0 spiro atoms. The van der Waals surface area contributed by atoms with Crippen molar-refractivity contribution in [3.05, 3.63) is 78.1 Å². The van der Waals surface area contributed by atoms with Crippen LogP contribution in [0.3, 0.4) is 0 Å². The van der Waals surface area contributed by atoms with E-state index in [1.165, 1.54) is 18.2 Å². The molecular formula is C21H17F5S. The standard InChI is InChI=1S/C21H17F5S/c1-13(7-8-14(2)17-5-3-4-6-18(17)22)15-9-10-19-16(11-15)12-20(23,24)21(25,26)27-19/h3-6,9-11H,1-2,7-8,12H2. The maximum absolute atomic E-state index is 13.8. The van der Waals surface area contributed by atoms with Crippen LogP contribution in [-0.4, -0.2) is 11.2 Å². The Bertz CT molecular complexity index is 901. The van der Waals surface area contributed by atoms with Crippen molar-refractivity contribution in [2.45, 2.75) is 35.3 Å². The third kappa shape index (κ3) is 3.95. The molecule has 0 aromatic heterocycles. The molecule has 0 fully saturated rings. The molecule has 0 radical (unpaired) electrons. The Labute approximate surface area is 158 Å². The summed E-state index contributed by atoms with van der Waals surface area (Å²) in [5.74, 6) is -4.45. The Kier molecular flexibility index (Phi) is 5.21. The minimum atomic E-state index is -4.12. The van der Waals surface area contributed by atoms with Crippen molar-refractivity contribution in [2.75, 3.05) is 0 Å². The first-order valence-electron chi connectivity index (χ1n) is 8.29. The van der Waals surface area contributed by atoms with Gasteiger partial charge in [0, 0.05) is 16.9 Å². The van der Waals surface area contributed by atoms with Crippen LogP contribution in [0.25, 0.3) is 11.1 Å². The van der Waals surface area contributed by atoms with Crippen molar-refractivity contribution >= 4 is 22.9 Å². The van der Waals surface area contributed by atoms with Crippen molar-refractivity contribution in [1.29, 1.82) is 0 Å². The van der Waals surface area contributed by atoms with Crippen LogP contribution in [0, 0.1) is 5.82 Å². The quantitative estimate of drug-likeness (QED) is 0.481. The summed E-state index contributed by atoms with van der Waals surface area (Å²) in [6.45, 7) is 7.84. The van der Waals surface area contributed by atoms with E-state index in [1.807, 2.05) is 0 Å². The van der Waals surface area contributed by atoms with Crippen molar-refractivity contribution in [1.82, 2.24) is 0 Å². The first kappa shape index (κ1) is 19.7. The molecule has 1 aliphatic rings. The highest BCUT2D eigenvalue weighted by molar-refractivity contribution is 8.00. The molecule has 0 atom stereocenters. The fraction of sp³-hybridized carbons (Fsp3) is 0.238. The summed E-state index contributed by atoms with van der Waals surface area (Å²) in [5.41, 5.74) is 2.48. The lowest BCUT2D eigenvalue weighted by atomic mass is 9.94. The lowest BCUT2D eigenvalue weighted by Crippen LogP contribution is -2.42. The Morgan fingerprint density at radius 1 is 0.963 bits per heavy atom. The topological polar surface area (TPSA) is 0 Å². The molecule has 142 valence electrons. The van der Waals surface area contributed by atoms with Gasteiger partial charge in [-0.05, 0) is 59.0 Å². The number of thioether (sulfide) groups is 1. The van der Waals surface area contributed by atoms with Crippen LogP contribution < -0.4 is 0 Å². The van der Waals surface area contributed by atoms with Gasteiger partial charge in [-0.3, -0.25) is 0 Å². The molecule has 3 rings (SSSR count). The van der Waals surface area contributed by atoms with Gasteiger partial charge in [-0.15, -0.1) is 0 Å². The first-order chi connectivity index (χ1) is 12.6. The summed E-state index contributed by atoms with van der Waals surface area (Å²) in [6.07, 6.45) is -0.114. The van der Waals surface area contributed by atoms with Crippen molar-refractivity contribution in [3.63, 3.8) is 0 Å². The molecule has 0 saturated carbocycles. The largest absolute Gasteiger partial charge is 0.360 e. The number of fused-ring (bicyclic) bond motifs is 1. The molecule has 0 bridgehead atoms. The molecule has 27 heavy (non-hydrogen) atoms. The number of rotatable bonds is 5. The Morgan fingerprint density at radius 2 is 1.63 bits per heavy atom. The number of hydrogen-bond donors (Lipinski definition) is 0. The number of benzene rings is 2. The van der Waals surface area contributed by atoms with E-state index in [4.69, 9.17) is 0 Å². The Morgan fingerprint density at radius 3 is 2.33 bits per heavy atom. The van der Waals surface area contributed by atoms with Crippen LogP contribution in [0.4, 0.5) is 22.0 Å². The third-order valence-electron chi connectivity index (χ3n) is 4.53. The van der Waals surface area contributed by atoms with Gasteiger partial charge in [0.25, 0.3) is 0 Å². The van der Waals surface area contributed by atoms with Crippen LogP contribution in [0.15, 0.2) is 60.5 Å². The average molecular weight is 396 g/mol. The Balaban J connectivity index is 1.72. The molecule has 0 amide bonds. The third-order valence-corrected chi connectivity index (χ3v) is 5.70. The molecule has 6 heteroatoms. The summed E-state index contributed by atoms with van der Waals surface area (Å²) in [7, 11) is 0. The van der Waals surface area contributed by atoms with Crippen LogP contribution in [-0.2, 0) is 6.42 Å². The number of halogens is 5. The SMILES string of the molecule is C=C(CCC(=C)c1ccccc1F)c1ccc2c(c1)CC(F)(F)C(F)(F)S2. The highest BCUT2D eigenvalue weighted by Crippen LogP contribution is 2.53. The van der Waals surface area contributed by atoms with Gasteiger partial charge in [-0.1, -0.05) is 43.5 Å². The van der Waals surface area contributed by atoms with E-state index in [9.17, 15) is 22.0 Å². The van der Waals surface area contributed by atoms with E-state index >= 15 is 0 Å². The van der Waals surface area contributed by atoms with E-state index in [0.29, 0.717) is 35.1 Å². The first-order valence-corrected chi connectivity index (χ1v) is 9.11. The fourth-order valence-corrected chi connectivity index (χ4v) is 3.82. The molecule has 0 unspecified atom stereocenters. The zero-order valence-corrected chi connectivity index (χ0v) is 15.2. The number of hydrogen-bond acceptors (Lipinski definition) is 1. The highest BCUT2D eigenvalue weighted by Gasteiger charge is 2.59. The van der Waals surface area contributed by atoms with Crippen LogP contribution in [0.1, 0.15) is 29.5 Å². The van der Waals surface area contributed by atoms with Gasteiger partial charge in [-0.2, -0.15) is 17.6 Å². The number of alkyl halides is 4. The lowest BCUT2D eigenvalue weighted by molar-refractivity contribution is -0.153. The summed E-state index contributed by atoms with van der Waals surface area (Å²) in [6, 6.07) is 10.8. The van der Waals surface area contributed by atoms with E-state index in [0.717, 1.165) is 0 Å². The summed E-state index contributed by atoms with van der Waals surface area (Å²) >= 11 is -0.110. The Hall–Kier alpha value is -2.08. The maximum atomic E-state index is 13.8. The van der Waals surface area contributed by atoms with E-state index < -0.39 is 17.6 Å². The van der Waals surface area contributed by atoms with Gasteiger partial charge < -0.3 is 0 Å². The van der Waals surface area contributed by atoms with Gasteiger partial charge in [0.1, 0.15) is 5.82 Å². The van der Waals surface area contributed by atoms with E-state index in [1.54, 1.807) is 24.3 Å². The normalized spacial score (nSPS) is 17.2. The van der Waals surface area contributed by atoms with Crippen LogP contribution in [0.5, 0.6) is 0 Å². The van der Waals surface area contributed by atoms with Gasteiger partial charge in [0.2, 0.25) is 0 Å². The zero-order valence-electron chi connectivity index (χ0n) is 14.4. The molecule has 1 aliphatic heterocycles. The second kappa shape index (κ2) is 7.15. The molecule has 2 aromatic carbocycles. The molecule has 0 N–H and O–H groups in total. The minimum Gasteiger partial charge on any atom is -0.206 e. The maximum Gasteiger partial charge on any atom is 0.360 e. The van der Waals surface area contributed by atoms with Crippen LogP contribution in [0.2, 0.25) is 0 Å². The molecule has 0 aliphatic carbocycles. The van der Waals surface area contributed by atoms with E-state index in [-0.39, 0.29) is 28.0 Å². The summed E-state index contributed by atoms with van der Waals surface area (Å²) in [4.78, 5) is 0.151. The number of allylic oxidation sites excluding steroid dienone is 2. The molecular weight excluding hydrogens is 379 g/mol. The predicted octanol–water partition coefficient (Wildman–Crippen LogP) is 7.21. The van der Waals surface area contributed by atoms with Crippen molar-refractivity contribution < 1.29 is 22.0 Å². The van der Waals surface area contributed by atoms with Crippen molar-refractivity contribution in [3.8, 4) is 0 Å². The second-order valence-electron chi connectivity index (χ2n) is 6.51. The average Bonchev–Trinajstić information content (AvgIpc) is 2.60. The van der Waals surface area contributed by atoms with Crippen molar-refractivity contribution in [2.24, 2.45) is 0 Å².